The lowest BCUT2D eigenvalue weighted by Crippen LogP contribution is -2.26. The van der Waals surface area contributed by atoms with Crippen molar-refractivity contribution in [1.82, 2.24) is 5.43 Å². The molecule has 0 saturated heterocycles. The third-order valence-electron chi connectivity index (χ3n) is 3.80. The zero-order valence-corrected chi connectivity index (χ0v) is 14.8. The number of rotatable bonds is 6. The van der Waals surface area contributed by atoms with Crippen molar-refractivity contribution in [1.29, 1.82) is 0 Å². The van der Waals surface area contributed by atoms with Crippen LogP contribution in [0.5, 0.6) is 11.5 Å². The minimum atomic E-state index is -0.589. The average molecular weight is 384 g/mol. The number of carbonyl (C=O) groups excluding carboxylic acids is 2. The van der Waals surface area contributed by atoms with Crippen molar-refractivity contribution < 1.29 is 24.0 Å². The van der Waals surface area contributed by atoms with E-state index in [0.29, 0.717) is 22.7 Å². The van der Waals surface area contributed by atoms with Gasteiger partial charge in [-0.05, 0) is 36.8 Å². The molecule has 1 aliphatic rings. The Labute approximate surface area is 159 Å². The summed E-state index contributed by atoms with van der Waals surface area (Å²) in [6, 6.07) is 10.9. The summed E-state index contributed by atoms with van der Waals surface area (Å²) in [7, 11) is 0. The molecule has 2 aromatic carbocycles. The first-order valence-corrected chi connectivity index (χ1v) is 8.20. The number of nitro groups is 1. The van der Waals surface area contributed by atoms with E-state index in [0.717, 1.165) is 0 Å². The monoisotopic (exact) mass is 384 g/mol. The number of hydrogen-bond donors (Lipinski definition) is 2. The molecule has 2 aromatic rings. The first-order valence-electron chi connectivity index (χ1n) is 8.20. The minimum Gasteiger partial charge on any atom is -0.482 e. The Morgan fingerprint density at radius 1 is 1.36 bits per heavy atom. The van der Waals surface area contributed by atoms with Gasteiger partial charge in [0.15, 0.2) is 19.0 Å². The Kier molecular flexibility index (Phi) is 5.49. The molecule has 3 rings (SSSR count). The van der Waals surface area contributed by atoms with Gasteiger partial charge in [-0.1, -0.05) is 12.1 Å². The number of amides is 2. The van der Waals surface area contributed by atoms with Gasteiger partial charge in [0, 0.05) is 6.07 Å². The van der Waals surface area contributed by atoms with E-state index < -0.39 is 17.4 Å². The standard InChI is InChI=1S/C18H16N4O6/c1-11(12-6-7-15-13(8-12)19-17(23)9-27-15)20-21-18(24)10-28-16-5-3-2-4-14(16)22(25)26/h2-8H,9-10H2,1H3,(H,19,23)(H,21,24)/b20-11-. The van der Waals surface area contributed by atoms with Crippen LogP contribution in [0.3, 0.4) is 0 Å². The molecule has 0 saturated carbocycles. The molecule has 0 spiro atoms. The number of nitro benzene ring substituents is 1. The van der Waals surface area contributed by atoms with Gasteiger partial charge in [-0.25, -0.2) is 5.43 Å². The molecule has 1 heterocycles. The van der Waals surface area contributed by atoms with Crippen LogP contribution in [0.25, 0.3) is 0 Å². The van der Waals surface area contributed by atoms with E-state index in [1.807, 2.05) is 0 Å². The summed E-state index contributed by atoms with van der Waals surface area (Å²) in [5.74, 6) is -0.279. The van der Waals surface area contributed by atoms with Crippen LogP contribution in [0.1, 0.15) is 12.5 Å². The molecule has 0 bridgehead atoms. The Hall–Kier alpha value is -3.95. The van der Waals surface area contributed by atoms with Gasteiger partial charge >= 0.3 is 5.69 Å². The number of nitrogens with zero attached hydrogens (tertiary/aromatic N) is 2. The molecule has 28 heavy (non-hydrogen) atoms. The first-order chi connectivity index (χ1) is 13.4. The van der Waals surface area contributed by atoms with E-state index in [4.69, 9.17) is 9.47 Å². The zero-order valence-electron chi connectivity index (χ0n) is 14.8. The Morgan fingerprint density at radius 3 is 2.93 bits per heavy atom. The van der Waals surface area contributed by atoms with Gasteiger partial charge in [-0.3, -0.25) is 19.7 Å². The second-order valence-electron chi connectivity index (χ2n) is 5.79. The van der Waals surface area contributed by atoms with E-state index in [-0.39, 0.29) is 24.0 Å². The van der Waals surface area contributed by atoms with Crippen LogP contribution in [-0.4, -0.2) is 35.7 Å². The molecule has 10 heteroatoms. The quantitative estimate of drug-likeness (QED) is 0.444. The molecule has 0 radical (unpaired) electrons. The van der Waals surface area contributed by atoms with E-state index in [2.05, 4.69) is 15.8 Å². The summed E-state index contributed by atoms with van der Waals surface area (Å²) < 4.78 is 10.5. The van der Waals surface area contributed by atoms with E-state index in [1.54, 1.807) is 31.2 Å². The molecule has 0 fully saturated rings. The normalized spacial score (nSPS) is 13.0. The topological polar surface area (TPSA) is 132 Å². The van der Waals surface area contributed by atoms with Crippen LogP contribution in [0, 0.1) is 10.1 Å². The fourth-order valence-electron chi connectivity index (χ4n) is 2.42. The van der Waals surface area contributed by atoms with Crippen molar-refractivity contribution >= 4 is 28.9 Å². The lowest BCUT2D eigenvalue weighted by molar-refractivity contribution is -0.385. The molecule has 0 atom stereocenters. The summed E-state index contributed by atoms with van der Waals surface area (Å²) in [4.78, 5) is 33.7. The summed E-state index contributed by atoms with van der Waals surface area (Å²) >= 11 is 0. The molecule has 10 nitrogen and oxygen atoms in total. The van der Waals surface area contributed by atoms with Gasteiger partial charge in [0.25, 0.3) is 11.8 Å². The summed E-state index contributed by atoms with van der Waals surface area (Å²) in [6.07, 6.45) is 0. The van der Waals surface area contributed by atoms with Crippen molar-refractivity contribution in [3.63, 3.8) is 0 Å². The molecule has 0 unspecified atom stereocenters. The maximum atomic E-state index is 11.9. The lowest BCUT2D eigenvalue weighted by atomic mass is 10.1. The van der Waals surface area contributed by atoms with Gasteiger partial charge in [0.1, 0.15) is 5.75 Å². The molecule has 2 amide bonds. The SMILES string of the molecule is C/C(=N/NC(=O)COc1ccccc1[N+](=O)[O-])c1ccc2c(c1)NC(=O)CO2. The van der Waals surface area contributed by atoms with E-state index >= 15 is 0 Å². The Balaban J connectivity index is 1.61. The minimum absolute atomic E-state index is 0.00576. The number of nitrogens with one attached hydrogen (secondary N) is 2. The van der Waals surface area contributed by atoms with Crippen molar-refractivity contribution in [3.8, 4) is 11.5 Å². The van der Waals surface area contributed by atoms with Crippen molar-refractivity contribution in [3.05, 3.63) is 58.1 Å². The van der Waals surface area contributed by atoms with Gasteiger partial charge < -0.3 is 14.8 Å². The predicted octanol–water partition coefficient (Wildman–Crippen LogP) is 1.84. The zero-order chi connectivity index (χ0) is 20.1. The van der Waals surface area contributed by atoms with Crippen molar-refractivity contribution in [2.24, 2.45) is 5.10 Å². The Bertz CT molecular complexity index is 972. The number of hydrazone groups is 1. The number of fused-ring (bicyclic) bond motifs is 1. The molecular formula is C18H16N4O6. The summed E-state index contributed by atoms with van der Waals surface area (Å²) in [5, 5.41) is 17.6. The summed E-state index contributed by atoms with van der Waals surface area (Å²) in [6.45, 7) is 1.21. The van der Waals surface area contributed by atoms with Crippen molar-refractivity contribution in [2.75, 3.05) is 18.5 Å². The number of benzene rings is 2. The molecular weight excluding hydrogens is 368 g/mol. The van der Waals surface area contributed by atoms with Crippen LogP contribution >= 0.6 is 0 Å². The second-order valence-corrected chi connectivity index (χ2v) is 5.79. The molecule has 144 valence electrons. The number of carbonyl (C=O) groups is 2. The van der Waals surface area contributed by atoms with E-state index in [9.17, 15) is 19.7 Å². The van der Waals surface area contributed by atoms with Crippen LogP contribution in [0.2, 0.25) is 0 Å². The van der Waals surface area contributed by atoms with E-state index in [1.165, 1.54) is 18.2 Å². The predicted molar refractivity (Wildman–Crippen MR) is 99.5 cm³/mol. The maximum Gasteiger partial charge on any atom is 0.310 e. The highest BCUT2D eigenvalue weighted by atomic mass is 16.6. The molecule has 0 aliphatic carbocycles. The number of hydrogen-bond acceptors (Lipinski definition) is 7. The van der Waals surface area contributed by atoms with Gasteiger partial charge in [0.2, 0.25) is 0 Å². The number of ether oxygens (including phenoxy) is 2. The number of para-hydroxylation sites is 2. The van der Waals surface area contributed by atoms with Crippen LogP contribution < -0.4 is 20.2 Å². The smallest absolute Gasteiger partial charge is 0.310 e. The highest BCUT2D eigenvalue weighted by molar-refractivity contribution is 6.02. The first kappa shape index (κ1) is 18.8. The molecule has 1 aliphatic heterocycles. The van der Waals surface area contributed by atoms with Crippen LogP contribution in [0.15, 0.2) is 47.6 Å². The largest absolute Gasteiger partial charge is 0.482 e. The average Bonchev–Trinajstić information content (AvgIpc) is 2.69. The van der Waals surface area contributed by atoms with Crippen LogP contribution in [-0.2, 0) is 9.59 Å². The maximum absolute atomic E-state index is 11.9. The fourth-order valence-corrected chi connectivity index (χ4v) is 2.42. The second kappa shape index (κ2) is 8.16. The number of anilines is 1. The third-order valence-corrected chi connectivity index (χ3v) is 3.80. The lowest BCUT2D eigenvalue weighted by Gasteiger charge is -2.18. The van der Waals surface area contributed by atoms with Crippen molar-refractivity contribution in [2.45, 2.75) is 6.92 Å². The summed E-state index contributed by atoms with van der Waals surface area (Å²) in [5.41, 5.74) is 3.78. The molecule has 2 N–H and O–H groups in total. The van der Waals surface area contributed by atoms with Gasteiger partial charge in [0.05, 0.1) is 16.3 Å². The highest BCUT2D eigenvalue weighted by Gasteiger charge is 2.17. The highest BCUT2D eigenvalue weighted by Crippen LogP contribution is 2.28. The molecule has 0 aromatic heterocycles. The van der Waals surface area contributed by atoms with Crippen LogP contribution in [0.4, 0.5) is 11.4 Å². The van der Waals surface area contributed by atoms with Gasteiger partial charge in [-0.2, -0.15) is 5.10 Å². The third kappa shape index (κ3) is 4.41. The Morgan fingerprint density at radius 2 is 2.14 bits per heavy atom. The fraction of sp³-hybridized carbons (Fsp3) is 0.167. The van der Waals surface area contributed by atoms with Gasteiger partial charge in [-0.15, -0.1) is 0 Å².